The van der Waals surface area contributed by atoms with E-state index in [1.54, 1.807) is 6.07 Å². The maximum Gasteiger partial charge on any atom is 0.265 e. The number of rotatable bonds is 6. The number of nitrogens with zero attached hydrogens (tertiary/aromatic N) is 6. The van der Waals surface area contributed by atoms with Crippen molar-refractivity contribution in [2.75, 3.05) is 12.4 Å². The van der Waals surface area contributed by atoms with Gasteiger partial charge in [0.25, 0.3) is 11.8 Å². The van der Waals surface area contributed by atoms with Crippen molar-refractivity contribution in [1.29, 1.82) is 0 Å². The number of aromatic nitrogens is 6. The lowest BCUT2D eigenvalue weighted by Crippen LogP contribution is -2.41. The number of carbonyl (C=O) groups is 2. The van der Waals surface area contributed by atoms with Gasteiger partial charge in [0.2, 0.25) is 16.7 Å². The molecule has 14 nitrogen and oxygen atoms in total. The lowest BCUT2D eigenvalue weighted by Gasteiger charge is -2.16. The summed E-state index contributed by atoms with van der Waals surface area (Å²) in [6, 6.07) is 1.77. The summed E-state index contributed by atoms with van der Waals surface area (Å²) >= 11 is 8.22. The molecule has 0 aromatic carbocycles. The molecule has 4 aromatic heterocycles. The summed E-state index contributed by atoms with van der Waals surface area (Å²) in [5, 5.41) is 26.2. The van der Waals surface area contributed by atoms with Crippen LogP contribution in [0.15, 0.2) is 16.8 Å². The van der Waals surface area contributed by atoms with Gasteiger partial charge in [0.1, 0.15) is 12.2 Å². The van der Waals surface area contributed by atoms with Crippen LogP contribution in [0.4, 0.5) is 5.82 Å². The molecule has 0 radical (unpaired) electrons. The number of nitrogens with one attached hydrogen (secondary N) is 2. The number of pyridine rings is 1. The van der Waals surface area contributed by atoms with Gasteiger partial charge in [0.05, 0.1) is 22.1 Å². The Balaban J connectivity index is 1.44. The van der Waals surface area contributed by atoms with E-state index >= 15 is 0 Å². The summed E-state index contributed by atoms with van der Waals surface area (Å²) < 4.78 is 13.2. The van der Waals surface area contributed by atoms with Crippen molar-refractivity contribution in [2.24, 2.45) is 0 Å². The second kappa shape index (κ2) is 9.47. The molecule has 188 valence electrons. The van der Waals surface area contributed by atoms with Crippen molar-refractivity contribution in [1.82, 2.24) is 34.8 Å². The van der Waals surface area contributed by atoms with Crippen LogP contribution in [0, 0.1) is 3.57 Å². The molecular weight excluding hydrogens is 611 g/mol. The molecular formula is C20H18ClIN8O6. The molecule has 0 aliphatic carbocycles. The molecule has 1 fully saturated rings. The quantitative estimate of drug-likeness (QED) is 0.134. The Morgan fingerprint density at radius 2 is 2.00 bits per heavy atom. The number of aliphatic hydroxyl groups excluding tert-OH is 2. The van der Waals surface area contributed by atoms with E-state index < -0.39 is 30.4 Å². The van der Waals surface area contributed by atoms with Gasteiger partial charge >= 0.3 is 0 Å². The fourth-order valence-electron chi connectivity index (χ4n) is 3.79. The molecule has 1 saturated heterocycles. The minimum Gasteiger partial charge on any atom is -0.431 e. The van der Waals surface area contributed by atoms with E-state index in [2.05, 4.69) is 58.1 Å². The number of hydrogen-bond donors (Lipinski definition) is 4. The second-order valence-corrected chi connectivity index (χ2v) is 9.39. The number of anilines is 1. The van der Waals surface area contributed by atoms with Crippen LogP contribution in [-0.2, 0) is 16.1 Å². The Hall–Kier alpha value is -2.99. The third-order valence-electron chi connectivity index (χ3n) is 5.52. The van der Waals surface area contributed by atoms with Gasteiger partial charge in [0.15, 0.2) is 34.9 Å². The number of ketones is 1. The summed E-state index contributed by atoms with van der Waals surface area (Å²) in [4.78, 5) is 44.8. The molecule has 1 aliphatic heterocycles. The fraction of sp³-hybridized carbons (Fsp3) is 0.350. The Morgan fingerprint density at radius 3 is 2.72 bits per heavy atom. The Morgan fingerprint density at radius 1 is 1.22 bits per heavy atom. The molecule has 0 saturated carbocycles. The van der Waals surface area contributed by atoms with Crippen molar-refractivity contribution in [2.45, 2.75) is 38.0 Å². The zero-order chi connectivity index (χ0) is 25.7. The van der Waals surface area contributed by atoms with Crippen molar-refractivity contribution in [3.8, 4) is 0 Å². The molecule has 16 heteroatoms. The standard InChI is InChI=1S/C20H18ClIN8O6/c1-6(31)18-27-15-12(35-18)8(22)3-7(26-15)4-24-14-9-16(29-20(21)28-14)30(5-25-9)19-11(33)10(32)13(36-19)17(34)23-2/h3,5,10-11,13,19,32-33H,4H2,1-2H3,(H,23,34)(H,24,28,29)/t10-,11+,13-,19+/m0/s1. The van der Waals surface area contributed by atoms with Gasteiger partial charge in [-0.2, -0.15) is 15.0 Å². The van der Waals surface area contributed by atoms with Crippen LogP contribution in [-0.4, -0.2) is 76.8 Å². The fourth-order valence-corrected chi connectivity index (χ4v) is 4.66. The van der Waals surface area contributed by atoms with Gasteiger partial charge < -0.3 is 30.0 Å². The van der Waals surface area contributed by atoms with Gasteiger partial charge in [-0.3, -0.25) is 14.2 Å². The first kappa shape index (κ1) is 24.7. The highest BCUT2D eigenvalue weighted by Crippen LogP contribution is 2.33. The van der Waals surface area contributed by atoms with Crippen LogP contribution in [0.25, 0.3) is 22.4 Å². The maximum atomic E-state index is 12.0. The number of fused-ring (bicyclic) bond motifs is 2. The number of ether oxygens (including phenoxy) is 1. The van der Waals surface area contributed by atoms with Crippen molar-refractivity contribution >= 4 is 74.1 Å². The van der Waals surface area contributed by atoms with Crippen LogP contribution >= 0.6 is 34.2 Å². The summed E-state index contributed by atoms with van der Waals surface area (Å²) in [7, 11) is 1.40. The van der Waals surface area contributed by atoms with Crippen molar-refractivity contribution in [3.63, 3.8) is 0 Å². The molecule has 1 aliphatic rings. The summed E-state index contributed by atoms with van der Waals surface area (Å²) in [6.07, 6.45) is -3.94. The average molecular weight is 629 g/mol. The Kier molecular flexibility index (Phi) is 6.50. The molecule has 5 rings (SSSR count). The van der Waals surface area contributed by atoms with Crippen LogP contribution in [0.1, 0.15) is 29.5 Å². The lowest BCUT2D eigenvalue weighted by molar-refractivity contribution is -0.137. The van der Waals surface area contributed by atoms with E-state index in [4.69, 9.17) is 20.8 Å². The number of likely N-dealkylation sites (N-methyl/N-ethyl adjacent to an activating group) is 1. The molecule has 5 heterocycles. The highest BCUT2D eigenvalue weighted by molar-refractivity contribution is 14.1. The molecule has 4 aromatic rings. The SMILES string of the molecule is CNC(=O)[C@H]1O[C@@H](n2cnc3c(NCc4cc(I)c5oc(C(C)=O)nc5n4)nc(Cl)nc32)[C@H](O)[C@@H]1O. The highest BCUT2D eigenvalue weighted by Gasteiger charge is 2.47. The zero-order valence-electron chi connectivity index (χ0n) is 18.6. The van der Waals surface area contributed by atoms with Crippen molar-refractivity contribution < 1.29 is 29.0 Å². The average Bonchev–Trinajstić information content (AvgIpc) is 3.54. The highest BCUT2D eigenvalue weighted by atomic mass is 127. The molecule has 0 spiro atoms. The monoisotopic (exact) mass is 628 g/mol. The minimum atomic E-state index is -1.45. The molecule has 0 bridgehead atoms. The topological polar surface area (TPSA) is 190 Å². The third-order valence-corrected chi connectivity index (χ3v) is 6.49. The molecule has 4 N–H and O–H groups in total. The lowest BCUT2D eigenvalue weighted by atomic mass is 10.1. The minimum absolute atomic E-state index is 0.0181. The number of Topliss-reactive ketones (excluding diaryl/α,β-unsaturated/α-hetero) is 1. The largest absolute Gasteiger partial charge is 0.431 e. The maximum absolute atomic E-state index is 12.0. The number of amides is 1. The first-order chi connectivity index (χ1) is 17.2. The third kappa shape index (κ3) is 4.26. The number of imidazole rings is 1. The van der Waals surface area contributed by atoms with Gasteiger partial charge in [-0.05, 0) is 40.3 Å². The smallest absolute Gasteiger partial charge is 0.265 e. The van der Waals surface area contributed by atoms with E-state index in [0.717, 1.165) is 3.57 Å². The summed E-state index contributed by atoms with van der Waals surface area (Å²) in [6.45, 7) is 1.56. The van der Waals surface area contributed by atoms with Gasteiger partial charge in [-0.15, -0.1) is 0 Å². The van der Waals surface area contributed by atoms with Crippen LogP contribution < -0.4 is 10.6 Å². The van der Waals surface area contributed by atoms with Gasteiger partial charge in [-0.1, -0.05) is 0 Å². The van der Waals surface area contributed by atoms with E-state index in [-0.39, 0.29) is 35.0 Å². The van der Waals surface area contributed by atoms with Crippen LogP contribution in [0.5, 0.6) is 0 Å². The van der Waals surface area contributed by atoms with E-state index in [1.807, 2.05) is 0 Å². The number of halogens is 2. The summed E-state index contributed by atoms with van der Waals surface area (Å²) in [5.41, 5.74) is 1.83. The Bertz CT molecular complexity index is 1510. The van der Waals surface area contributed by atoms with Crippen LogP contribution in [0.3, 0.4) is 0 Å². The first-order valence-electron chi connectivity index (χ1n) is 10.5. The Labute approximate surface area is 220 Å². The predicted molar refractivity (Wildman–Crippen MR) is 132 cm³/mol. The number of hydrogen-bond acceptors (Lipinski definition) is 12. The van der Waals surface area contributed by atoms with E-state index in [9.17, 15) is 19.8 Å². The molecule has 1 amide bonds. The van der Waals surface area contributed by atoms with E-state index in [1.165, 1.54) is 24.9 Å². The second-order valence-electron chi connectivity index (χ2n) is 7.88. The normalized spacial score (nSPS) is 21.8. The first-order valence-corrected chi connectivity index (χ1v) is 12.0. The number of aliphatic hydroxyl groups is 2. The van der Waals surface area contributed by atoms with Crippen molar-refractivity contribution in [3.05, 3.63) is 32.8 Å². The number of carbonyl (C=O) groups excluding carboxylic acids is 2. The zero-order valence-corrected chi connectivity index (χ0v) is 21.6. The predicted octanol–water partition coefficient (Wildman–Crippen LogP) is 0.800. The molecule has 36 heavy (non-hydrogen) atoms. The number of oxazole rings is 1. The summed E-state index contributed by atoms with van der Waals surface area (Å²) in [5.74, 6) is -0.621. The van der Waals surface area contributed by atoms with Crippen LogP contribution in [0.2, 0.25) is 5.28 Å². The van der Waals surface area contributed by atoms with E-state index in [0.29, 0.717) is 22.4 Å². The van der Waals surface area contributed by atoms with Gasteiger partial charge in [-0.25, -0.2) is 9.97 Å². The molecule has 0 unspecified atom stereocenters. The molecule has 4 atom stereocenters. The van der Waals surface area contributed by atoms with Gasteiger partial charge in [0, 0.05) is 14.0 Å².